The van der Waals surface area contributed by atoms with E-state index in [1.807, 2.05) is 0 Å². The summed E-state index contributed by atoms with van der Waals surface area (Å²) in [5, 5.41) is 15.6. The number of hydrogen-bond acceptors (Lipinski definition) is 7. The Bertz CT molecular complexity index is 1650. The second-order valence-electron chi connectivity index (χ2n) is 7.59. The van der Waals surface area contributed by atoms with E-state index in [1.165, 1.54) is 24.3 Å². The predicted molar refractivity (Wildman–Crippen MR) is 129 cm³/mol. The van der Waals surface area contributed by atoms with Gasteiger partial charge in [0.1, 0.15) is 0 Å². The molecule has 0 bridgehead atoms. The van der Waals surface area contributed by atoms with Crippen LogP contribution in [0, 0.1) is 10.1 Å². The van der Waals surface area contributed by atoms with Crippen LogP contribution in [-0.2, 0) is 11.0 Å². The van der Waals surface area contributed by atoms with Crippen LogP contribution in [0.4, 0.5) is 18.9 Å². The number of halogens is 4. The number of para-hydroxylation sites is 1. The molecule has 0 radical (unpaired) electrons. The number of carbonyl (C=O) groups is 1. The summed E-state index contributed by atoms with van der Waals surface area (Å²) in [7, 11) is 0. The quantitative estimate of drug-likeness (QED) is 0.111. The maximum absolute atomic E-state index is 13.3. The van der Waals surface area contributed by atoms with Gasteiger partial charge in [-0.3, -0.25) is 19.7 Å². The summed E-state index contributed by atoms with van der Waals surface area (Å²) in [4.78, 5) is 39.9. The van der Waals surface area contributed by atoms with Gasteiger partial charge in [0, 0.05) is 29.1 Å². The Morgan fingerprint density at radius 3 is 2.57 bits per heavy atom. The molecule has 0 saturated carbocycles. The number of esters is 1. The highest BCUT2D eigenvalue weighted by molar-refractivity contribution is 6.31. The molecule has 0 unspecified atom stereocenters. The number of nitrogens with zero attached hydrogens (tertiary/aromatic N) is 4. The van der Waals surface area contributed by atoms with Gasteiger partial charge in [-0.05, 0) is 30.3 Å². The van der Waals surface area contributed by atoms with Gasteiger partial charge in [0.05, 0.1) is 27.6 Å². The summed E-state index contributed by atoms with van der Waals surface area (Å²) in [5.41, 5.74) is -2.31. The van der Waals surface area contributed by atoms with Gasteiger partial charge < -0.3 is 4.74 Å². The first-order chi connectivity index (χ1) is 17.5. The number of nitro groups is 1. The van der Waals surface area contributed by atoms with Gasteiger partial charge in [-0.1, -0.05) is 35.9 Å². The summed E-state index contributed by atoms with van der Waals surface area (Å²) in [6.45, 7) is 1.03. The Morgan fingerprint density at radius 1 is 1.16 bits per heavy atom. The average Bonchev–Trinajstić information content (AvgIpc) is 2.83. The van der Waals surface area contributed by atoms with Crippen LogP contribution in [0.1, 0.15) is 18.1 Å². The Morgan fingerprint density at radius 2 is 1.89 bits per heavy atom. The van der Waals surface area contributed by atoms with Crippen LogP contribution in [0.25, 0.3) is 22.3 Å². The maximum atomic E-state index is 13.3. The molecule has 0 aliphatic heterocycles. The molecule has 0 atom stereocenters. The predicted octanol–water partition coefficient (Wildman–Crippen LogP) is 5.45. The Balaban J connectivity index is 1.98. The van der Waals surface area contributed by atoms with Crippen LogP contribution < -0.4 is 10.3 Å². The lowest BCUT2D eigenvalue weighted by molar-refractivity contribution is -0.385. The lowest BCUT2D eigenvalue weighted by atomic mass is 10.1. The third kappa shape index (κ3) is 5.33. The molecule has 0 aliphatic rings. The molecule has 0 fully saturated rings. The summed E-state index contributed by atoms with van der Waals surface area (Å²) in [5.74, 6) is -1.57. The van der Waals surface area contributed by atoms with Crippen LogP contribution in [0.15, 0.2) is 70.6 Å². The van der Waals surface area contributed by atoms with Crippen LogP contribution in [0.2, 0.25) is 5.02 Å². The largest absolute Gasteiger partial charge is 0.419 e. The summed E-state index contributed by atoms with van der Waals surface area (Å²) >= 11 is 5.99. The second kappa shape index (κ2) is 9.82. The zero-order valence-corrected chi connectivity index (χ0v) is 19.4. The average molecular weight is 531 g/mol. The summed E-state index contributed by atoms with van der Waals surface area (Å²) in [6.07, 6.45) is -3.69. The van der Waals surface area contributed by atoms with E-state index in [1.54, 1.807) is 12.1 Å². The van der Waals surface area contributed by atoms with Crippen molar-refractivity contribution in [1.29, 1.82) is 0 Å². The van der Waals surface area contributed by atoms with Crippen molar-refractivity contribution in [2.24, 2.45) is 5.10 Å². The van der Waals surface area contributed by atoms with E-state index in [4.69, 9.17) is 16.3 Å². The van der Waals surface area contributed by atoms with Gasteiger partial charge in [0.15, 0.2) is 5.82 Å². The Hall–Kier alpha value is -4.58. The third-order valence-electron chi connectivity index (χ3n) is 5.02. The molecular weight excluding hydrogens is 517 g/mol. The first-order valence-electron chi connectivity index (χ1n) is 10.4. The molecule has 37 heavy (non-hydrogen) atoms. The minimum atomic E-state index is -4.65. The lowest BCUT2D eigenvalue weighted by Gasteiger charge is -2.12. The molecular formula is C24H14ClF3N4O5. The van der Waals surface area contributed by atoms with E-state index < -0.39 is 39.6 Å². The molecule has 0 N–H and O–H groups in total. The Labute approximate surface area is 210 Å². The van der Waals surface area contributed by atoms with Crippen molar-refractivity contribution in [2.45, 2.75) is 13.1 Å². The molecule has 1 aromatic heterocycles. The third-order valence-corrected chi connectivity index (χ3v) is 5.24. The molecule has 0 spiro atoms. The zero-order chi connectivity index (χ0) is 26.9. The molecule has 4 aromatic rings. The summed E-state index contributed by atoms with van der Waals surface area (Å²) < 4.78 is 45.8. The number of ether oxygens (including phenoxy) is 1. The normalized spacial score (nSPS) is 11.7. The van der Waals surface area contributed by atoms with E-state index in [0.29, 0.717) is 0 Å². The Kier molecular flexibility index (Phi) is 6.77. The van der Waals surface area contributed by atoms with Crippen molar-refractivity contribution >= 4 is 40.4 Å². The fraction of sp³-hybridized carbons (Fsp3) is 0.0833. The number of aromatic nitrogens is 2. The second-order valence-corrected chi connectivity index (χ2v) is 8.02. The molecule has 188 valence electrons. The number of fused-ring (bicyclic) bond motifs is 1. The SMILES string of the molecule is CC(=O)Oc1c(C=Nn2c(-c3cccc(C(F)(F)F)c3)nc3ccccc3c2=O)cc(Cl)cc1[N+](=O)[O-]. The van der Waals surface area contributed by atoms with E-state index in [2.05, 4.69) is 10.1 Å². The zero-order valence-electron chi connectivity index (χ0n) is 18.7. The van der Waals surface area contributed by atoms with E-state index in [9.17, 15) is 32.9 Å². The van der Waals surface area contributed by atoms with Gasteiger partial charge >= 0.3 is 17.8 Å². The van der Waals surface area contributed by atoms with Gasteiger partial charge in [-0.15, -0.1) is 0 Å². The monoisotopic (exact) mass is 530 g/mol. The van der Waals surface area contributed by atoms with Crippen LogP contribution in [0.5, 0.6) is 5.75 Å². The minimum Gasteiger partial charge on any atom is -0.419 e. The van der Waals surface area contributed by atoms with Gasteiger partial charge in [0.2, 0.25) is 5.75 Å². The molecule has 9 nitrogen and oxygen atoms in total. The van der Waals surface area contributed by atoms with E-state index in [-0.39, 0.29) is 32.9 Å². The van der Waals surface area contributed by atoms with Crippen LogP contribution in [-0.4, -0.2) is 26.8 Å². The fourth-order valence-electron chi connectivity index (χ4n) is 3.46. The molecule has 0 aliphatic carbocycles. The number of benzene rings is 3. The fourth-order valence-corrected chi connectivity index (χ4v) is 3.68. The molecule has 4 rings (SSSR count). The minimum absolute atomic E-state index is 0.0629. The smallest absolute Gasteiger partial charge is 0.416 e. The first kappa shape index (κ1) is 25.5. The topological polar surface area (TPSA) is 117 Å². The number of carbonyl (C=O) groups excluding carboxylic acids is 1. The maximum Gasteiger partial charge on any atom is 0.416 e. The number of nitro benzene ring substituents is 1. The molecule has 0 amide bonds. The highest BCUT2D eigenvalue weighted by Gasteiger charge is 2.31. The van der Waals surface area contributed by atoms with Crippen molar-refractivity contribution < 1.29 is 27.6 Å². The van der Waals surface area contributed by atoms with E-state index in [0.717, 1.165) is 42.1 Å². The van der Waals surface area contributed by atoms with Crippen molar-refractivity contribution in [3.05, 3.63) is 97.3 Å². The highest BCUT2D eigenvalue weighted by atomic mass is 35.5. The van der Waals surface area contributed by atoms with Gasteiger partial charge in [0.25, 0.3) is 5.56 Å². The van der Waals surface area contributed by atoms with Gasteiger partial charge in [-0.2, -0.15) is 22.9 Å². The lowest BCUT2D eigenvalue weighted by Crippen LogP contribution is -2.20. The molecule has 0 saturated heterocycles. The molecule has 1 heterocycles. The van der Waals surface area contributed by atoms with Crippen LogP contribution in [0.3, 0.4) is 0 Å². The first-order valence-corrected chi connectivity index (χ1v) is 10.7. The molecule has 3 aromatic carbocycles. The van der Waals surface area contributed by atoms with Crippen LogP contribution >= 0.6 is 11.6 Å². The summed E-state index contributed by atoms with van der Waals surface area (Å²) in [6, 6.07) is 12.5. The van der Waals surface area contributed by atoms with Gasteiger partial charge in [-0.25, -0.2) is 4.98 Å². The van der Waals surface area contributed by atoms with Crippen molar-refractivity contribution in [1.82, 2.24) is 9.66 Å². The van der Waals surface area contributed by atoms with E-state index >= 15 is 0 Å². The van der Waals surface area contributed by atoms with Crippen molar-refractivity contribution in [2.75, 3.05) is 0 Å². The van der Waals surface area contributed by atoms with Crippen molar-refractivity contribution in [3.63, 3.8) is 0 Å². The molecule has 13 heteroatoms. The number of alkyl halides is 3. The highest BCUT2D eigenvalue weighted by Crippen LogP contribution is 2.34. The number of hydrogen-bond donors (Lipinski definition) is 0. The standard InChI is InChI=1S/C24H14ClF3N4O5/c1-13(33)37-21-15(10-17(25)11-20(21)32(35)36)12-29-31-22(14-5-4-6-16(9-14)24(26,27)28)30-19-8-3-2-7-18(19)23(31)34/h2-12H,1H3. The number of rotatable bonds is 5. The van der Waals surface area contributed by atoms with Crippen molar-refractivity contribution in [3.8, 4) is 17.1 Å².